The van der Waals surface area contributed by atoms with Crippen molar-refractivity contribution in [1.29, 1.82) is 0 Å². The molecule has 1 unspecified atom stereocenters. The number of rotatable bonds is 8. The summed E-state index contributed by atoms with van der Waals surface area (Å²) < 4.78 is 29.9. The Kier molecular flexibility index (Phi) is 7.87. The number of carbonyl (C=O) groups excluding carboxylic acids is 2. The van der Waals surface area contributed by atoms with E-state index >= 15 is 0 Å². The number of para-hydroxylation sites is 1. The maximum absolute atomic E-state index is 13.9. The molecule has 0 spiro atoms. The van der Waals surface area contributed by atoms with Gasteiger partial charge in [0, 0.05) is 11.1 Å². The molecule has 0 aliphatic carbocycles. The zero-order valence-corrected chi connectivity index (χ0v) is 22.6. The third-order valence-electron chi connectivity index (χ3n) is 6.41. The van der Waals surface area contributed by atoms with Crippen molar-refractivity contribution in [3.8, 4) is 34.0 Å². The Morgan fingerprint density at radius 3 is 1.88 bits per heavy atom. The van der Waals surface area contributed by atoms with Crippen LogP contribution in [0.1, 0.15) is 17.3 Å². The van der Waals surface area contributed by atoms with Gasteiger partial charge in [-0.25, -0.2) is 19.2 Å². The quantitative estimate of drug-likeness (QED) is 0.226. The van der Waals surface area contributed by atoms with E-state index in [0.717, 1.165) is 11.1 Å². The molecule has 206 valence electrons. The summed E-state index contributed by atoms with van der Waals surface area (Å²) in [7, 11) is 3.20. The van der Waals surface area contributed by atoms with Crippen LogP contribution in [0.3, 0.4) is 0 Å². The minimum Gasteiger partial charge on any atom is -0.497 e. The van der Waals surface area contributed by atoms with Crippen molar-refractivity contribution < 1.29 is 28.2 Å². The normalized spacial score (nSPS) is 11.5. The molecule has 9 heteroatoms. The molecule has 0 bridgehead atoms. The van der Waals surface area contributed by atoms with Crippen molar-refractivity contribution in [2.45, 2.75) is 13.0 Å². The van der Waals surface area contributed by atoms with Crippen LogP contribution < -0.4 is 14.8 Å². The predicted octanol–water partition coefficient (Wildman–Crippen LogP) is 6.30. The minimum atomic E-state index is -1.17. The third-order valence-corrected chi connectivity index (χ3v) is 6.41. The third kappa shape index (κ3) is 5.99. The van der Waals surface area contributed by atoms with Crippen LogP contribution >= 0.6 is 0 Å². The van der Waals surface area contributed by atoms with Crippen LogP contribution in [0.4, 0.5) is 10.1 Å². The number of fused-ring (bicyclic) bond motifs is 1. The lowest BCUT2D eigenvalue weighted by Crippen LogP contribution is -2.30. The number of esters is 1. The second-order valence-corrected chi connectivity index (χ2v) is 9.10. The van der Waals surface area contributed by atoms with Gasteiger partial charge in [0.15, 0.2) is 6.10 Å². The highest BCUT2D eigenvalue weighted by Crippen LogP contribution is 2.33. The van der Waals surface area contributed by atoms with E-state index in [2.05, 4.69) is 5.32 Å². The van der Waals surface area contributed by atoms with Gasteiger partial charge in [0.2, 0.25) is 0 Å². The van der Waals surface area contributed by atoms with E-state index in [1.165, 1.54) is 25.1 Å². The van der Waals surface area contributed by atoms with Gasteiger partial charge in [0.25, 0.3) is 5.91 Å². The van der Waals surface area contributed by atoms with Crippen molar-refractivity contribution in [1.82, 2.24) is 9.97 Å². The maximum Gasteiger partial charge on any atom is 0.338 e. The summed E-state index contributed by atoms with van der Waals surface area (Å²) in [5.41, 5.74) is 4.12. The van der Waals surface area contributed by atoms with Crippen molar-refractivity contribution >= 4 is 28.6 Å². The first kappa shape index (κ1) is 27.3. The molecule has 0 fully saturated rings. The summed E-state index contributed by atoms with van der Waals surface area (Å²) >= 11 is 0. The molecule has 5 rings (SSSR count). The summed E-state index contributed by atoms with van der Waals surface area (Å²) in [4.78, 5) is 35.2. The van der Waals surface area contributed by atoms with E-state index in [1.54, 1.807) is 38.5 Å². The fraction of sp³-hybridized carbons (Fsp3) is 0.125. The predicted molar refractivity (Wildman–Crippen MR) is 153 cm³/mol. The van der Waals surface area contributed by atoms with Gasteiger partial charge in [0.1, 0.15) is 17.3 Å². The van der Waals surface area contributed by atoms with E-state index in [4.69, 9.17) is 24.2 Å². The Hall–Kier alpha value is -5.31. The molecule has 41 heavy (non-hydrogen) atoms. The van der Waals surface area contributed by atoms with Gasteiger partial charge in [-0.15, -0.1) is 0 Å². The lowest BCUT2D eigenvalue weighted by Gasteiger charge is -2.15. The zero-order valence-electron chi connectivity index (χ0n) is 22.6. The number of hydrogen-bond acceptors (Lipinski definition) is 7. The number of benzene rings is 4. The second-order valence-electron chi connectivity index (χ2n) is 9.10. The largest absolute Gasteiger partial charge is 0.497 e. The molecule has 1 aromatic heterocycles. The van der Waals surface area contributed by atoms with E-state index in [1.807, 2.05) is 48.5 Å². The molecule has 0 saturated carbocycles. The Balaban J connectivity index is 1.46. The Bertz CT molecular complexity index is 1720. The highest BCUT2D eigenvalue weighted by molar-refractivity contribution is 5.99. The molecular weight excluding hydrogens is 525 g/mol. The van der Waals surface area contributed by atoms with Crippen molar-refractivity contribution in [3.05, 3.63) is 102 Å². The summed E-state index contributed by atoms with van der Waals surface area (Å²) in [6.07, 6.45) is -1.17. The fourth-order valence-corrected chi connectivity index (χ4v) is 4.16. The first-order valence-electron chi connectivity index (χ1n) is 12.7. The van der Waals surface area contributed by atoms with Crippen LogP contribution in [-0.2, 0) is 9.53 Å². The number of ether oxygens (including phenoxy) is 3. The number of amides is 1. The number of nitrogens with one attached hydrogen (secondary N) is 1. The number of anilines is 1. The number of halogens is 1. The summed E-state index contributed by atoms with van der Waals surface area (Å²) in [6, 6.07) is 25.5. The van der Waals surface area contributed by atoms with Crippen LogP contribution in [0.15, 0.2) is 91.0 Å². The maximum atomic E-state index is 13.9. The molecule has 1 atom stereocenters. The Morgan fingerprint density at radius 2 is 1.32 bits per heavy atom. The lowest BCUT2D eigenvalue weighted by molar-refractivity contribution is -0.123. The average Bonchev–Trinajstić information content (AvgIpc) is 3.01. The standard InChI is InChI=1S/C32H26FN3O5/c1-19(31(37)36-26-7-5-4-6-25(26)33)41-32(38)22-12-17-27-28(18-22)35-30(21-10-15-24(40-3)16-11-21)29(34-27)20-8-13-23(39-2)14-9-20/h4-19H,1-3H3,(H,36,37). The van der Waals surface area contributed by atoms with E-state index in [9.17, 15) is 14.0 Å². The molecule has 1 amide bonds. The fourth-order valence-electron chi connectivity index (χ4n) is 4.16. The first-order valence-corrected chi connectivity index (χ1v) is 12.7. The first-order chi connectivity index (χ1) is 19.9. The van der Waals surface area contributed by atoms with Crippen LogP contribution in [0, 0.1) is 5.82 Å². The van der Waals surface area contributed by atoms with Gasteiger partial charge in [-0.1, -0.05) is 12.1 Å². The van der Waals surface area contributed by atoms with Gasteiger partial charge in [0.05, 0.1) is 47.9 Å². The number of nitrogens with zero attached hydrogens (tertiary/aromatic N) is 2. The number of aromatic nitrogens is 2. The Morgan fingerprint density at radius 1 is 0.756 bits per heavy atom. The van der Waals surface area contributed by atoms with Gasteiger partial charge in [-0.05, 0) is 85.8 Å². The van der Waals surface area contributed by atoms with Gasteiger partial charge < -0.3 is 19.5 Å². The monoisotopic (exact) mass is 551 g/mol. The second kappa shape index (κ2) is 11.8. The summed E-state index contributed by atoms with van der Waals surface area (Å²) in [5, 5.41) is 2.43. The summed E-state index contributed by atoms with van der Waals surface area (Å²) in [5.74, 6) is -0.556. The van der Waals surface area contributed by atoms with E-state index < -0.39 is 23.8 Å². The van der Waals surface area contributed by atoms with Crippen LogP contribution in [-0.4, -0.2) is 42.2 Å². The van der Waals surface area contributed by atoms with Crippen molar-refractivity contribution in [2.24, 2.45) is 0 Å². The average molecular weight is 552 g/mol. The number of carbonyl (C=O) groups is 2. The SMILES string of the molecule is COc1ccc(-c2nc3ccc(C(=O)OC(C)C(=O)Nc4ccccc4F)cc3nc2-c2ccc(OC)cc2)cc1. The molecule has 0 saturated heterocycles. The molecular formula is C32H26FN3O5. The zero-order chi connectivity index (χ0) is 28.9. The van der Waals surface area contributed by atoms with E-state index in [-0.39, 0.29) is 11.3 Å². The van der Waals surface area contributed by atoms with Gasteiger partial charge in [-0.3, -0.25) is 4.79 Å². The molecule has 8 nitrogen and oxygen atoms in total. The van der Waals surface area contributed by atoms with Crippen molar-refractivity contribution in [2.75, 3.05) is 19.5 Å². The van der Waals surface area contributed by atoms with Crippen LogP contribution in [0.2, 0.25) is 0 Å². The molecule has 4 aromatic carbocycles. The van der Waals surface area contributed by atoms with Gasteiger partial charge >= 0.3 is 5.97 Å². The lowest BCUT2D eigenvalue weighted by atomic mass is 10.0. The molecule has 1 heterocycles. The Labute approximate surface area is 235 Å². The molecule has 5 aromatic rings. The van der Waals surface area contributed by atoms with Crippen LogP contribution in [0.25, 0.3) is 33.5 Å². The highest BCUT2D eigenvalue weighted by Gasteiger charge is 2.21. The topological polar surface area (TPSA) is 99.6 Å². The van der Waals surface area contributed by atoms with Crippen molar-refractivity contribution in [3.63, 3.8) is 0 Å². The number of hydrogen-bond donors (Lipinski definition) is 1. The molecule has 0 aliphatic rings. The highest BCUT2D eigenvalue weighted by atomic mass is 19.1. The van der Waals surface area contributed by atoms with Crippen LogP contribution in [0.5, 0.6) is 11.5 Å². The molecule has 1 N–H and O–H groups in total. The molecule has 0 aliphatic heterocycles. The van der Waals surface area contributed by atoms with Gasteiger partial charge in [-0.2, -0.15) is 0 Å². The molecule has 0 radical (unpaired) electrons. The number of methoxy groups -OCH3 is 2. The minimum absolute atomic E-state index is 0.0000963. The smallest absolute Gasteiger partial charge is 0.338 e. The summed E-state index contributed by atoms with van der Waals surface area (Å²) in [6.45, 7) is 1.41. The van der Waals surface area contributed by atoms with E-state index in [0.29, 0.717) is 33.9 Å².